The third-order valence-corrected chi connectivity index (χ3v) is 13.2. The van der Waals surface area contributed by atoms with Gasteiger partial charge in [0.2, 0.25) is 0 Å². The number of ether oxygens (including phenoxy) is 1. The fraction of sp³-hybridized carbons (Fsp3) is 0. The molecule has 0 fully saturated rings. The average Bonchev–Trinajstić information content (AvgIpc) is 3.86. The first-order chi connectivity index (χ1) is 24.7. The zero-order valence-corrected chi connectivity index (χ0v) is 29.1. The van der Waals surface area contributed by atoms with Gasteiger partial charge in [0.25, 0.3) is 0 Å². The molecular formula is C45H26O2S3. The van der Waals surface area contributed by atoms with Gasteiger partial charge in [-0.05, 0) is 41.5 Å². The summed E-state index contributed by atoms with van der Waals surface area (Å²) < 4.78 is 13.6. The van der Waals surface area contributed by atoms with Crippen molar-refractivity contribution in [1.29, 1.82) is 0 Å². The van der Waals surface area contributed by atoms with Crippen LogP contribution in [0.5, 0.6) is 5.75 Å². The predicted octanol–water partition coefficient (Wildman–Crippen LogP) is 13.9. The van der Waals surface area contributed by atoms with Gasteiger partial charge < -0.3 is 4.74 Å². The highest BCUT2D eigenvalue weighted by molar-refractivity contribution is 7.27. The van der Waals surface area contributed by atoms with Crippen molar-refractivity contribution in [2.45, 2.75) is 0 Å². The predicted molar refractivity (Wildman–Crippen MR) is 217 cm³/mol. The van der Waals surface area contributed by atoms with Gasteiger partial charge >= 0.3 is 5.97 Å². The monoisotopic (exact) mass is 694 g/mol. The van der Waals surface area contributed by atoms with Gasteiger partial charge in [-0.15, -0.1) is 34.0 Å². The number of carbonyl (C=O) groups is 1. The van der Waals surface area contributed by atoms with Crippen molar-refractivity contribution >= 4 is 100 Å². The molecule has 3 heterocycles. The van der Waals surface area contributed by atoms with E-state index in [0.29, 0.717) is 5.75 Å². The third kappa shape index (κ3) is 4.48. The molecular weight excluding hydrogens is 669 g/mol. The van der Waals surface area contributed by atoms with E-state index in [1.54, 1.807) is 22.7 Å². The van der Waals surface area contributed by atoms with E-state index < -0.39 is 5.97 Å². The van der Waals surface area contributed by atoms with E-state index >= 15 is 0 Å². The van der Waals surface area contributed by atoms with Gasteiger partial charge in [0.05, 0.1) is 0 Å². The Morgan fingerprint density at radius 3 is 1.28 bits per heavy atom. The summed E-state index contributed by atoms with van der Waals surface area (Å²) in [7, 11) is 0. The quantitative estimate of drug-likeness (QED) is 0.102. The van der Waals surface area contributed by atoms with Crippen molar-refractivity contribution < 1.29 is 9.53 Å². The average molecular weight is 695 g/mol. The lowest BCUT2D eigenvalue weighted by Gasteiger charge is -2.19. The molecule has 0 unspecified atom stereocenters. The number of hydrogen-bond donors (Lipinski definition) is 0. The van der Waals surface area contributed by atoms with Crippen LogP contribution in [0.1, 0.15) is 0 Å². The minimum atomic E-state index is -0.487. The minimum Gasteiger partial charge on any atom is -0.422 e. The molecule has 10 rings (SSSR count). The van der Waals surface area contributed by atoms with Crippen LogP contribution in [0.2, 0.25) is 0 Å². The molecule has 0 spiro atoms. The summed E-state index contributed by atoms with van der Waals surface area (Å²) >= 11 is 5.37. The van der Waals surface area contributed by atoms with Gasteiger partial charge in [0.1, 0.15) is 5.75 Å². The zero-order valence-electron chi connectivity index (χ0n) is 26.6. The lowest BCUT2D eigenvalue weighted by Crippen LogP contribution is -2.06. The van der Waals surface area contributed by atoms with E-state index in [1.165, 1.54) is 57.2 Å². The van der Waals surface area contributed by atoms with E-state index in [2.05, 4.69) is 146 Å². The lowest BCUT2D eigenvalue weighted by molar-refractivity contribution is -0.128. The van der Waals surface area contributed by atoms with Gasteiger partial charge in [0, 0.05) is 88.8 Å². The zero-order chi connectivity index (χ0) is 33.3. The Kier molecular flexibility index (Phi) is 6.75. The molecule has 0 amide bonds. The van der Waals surface area contributed by atoms with Crippen LogP contribution < -0.4 is 4.74 Å². The summed E-state index contributed by atoms with van der Waals surface area (Å²) in [6.45, 7) is 3.77. The molecule has 0 radical (unpaired) electrons. The summed E-state index contributed by atoms with van der Waals surface area (Å²) in [5.41, 5.74) is 6.04. The molecule has 0 aliphatic heterocycles. The number of hydrogen-bond acceptors (Lipinski definition) is 5. The third-order valence-electron chi connectivity index (χ3n) is 9.56. The fourth-order valence-corrected chi connectivity index (χ4v) is 11.0. The van der Waals surface area contributed by atoms with E-state index in [4.69, 9.17) is 4.74 Å². The van der Waals surface area contributed by atoms with Crippen LogP contribution in [-0.4, -0.2) is 5.97 Å². The Labute approximate surface area is 299 Å². The normalized spacial score (nSPS) is 11.8. The summed E-state index contributed by atoms with van der Waals surface area (Å²) in [5.74, 6) is 0.0518. The number of thiophene rings is 3. The Hall–Kier alpha value is -5.59. The molecule has 236 valence electrons. The molecule has 0 aliphatic carbocycles. The minimum absolute atomic E-state index is 0.487. The van der Waals surface area contributed by atoms with Crippen molar-refractivity contribution in [3.8, 4) is 39.1 Å². The van der Waals surface area contributed by atoms with E-state index in [0.717, 1.165) is 42.8 Å². The molecule has 3 aromatic heterocycles. The van der Waals surface area contributed by atoms with Crippen molar-refractivity contribution in [2.75, 3.05) is 0 Å². The summed E-state index contributed by atoms with van der Waals surface area (Å²) in [6, 6.07) is 49.6. The summed E-state index contributed by atoms with van der Waals surface area (Å²) in [5, 5.41) is 7.33. The van der Waals surface area contributed by atoms with Crippen LogP contribution in [-0.2, 0) is 4.79 Å². The molecule has 50 heavy (non-hydrogen) atoms. The maximum Gasteiger partial charge on any atom is 0.335 e. The van der Waals surface area contributed by atoms with Crippen LogP contribution >= 0.6 is 34.0 Å². The highest BCUT2D eigenvalue weighted by atomic mass is 32.1. The first-order valence-corrected chi connectivity index (χ1v) is 18.9. The molecule has 0 aliphatic rings. The Bertz CT molecular complexity index is 2880. The number of fused-ring (bicyclic) bond motifs is 9. The maximum absolute atomic E-state index is 13.3. The lowest BCUT2D eigenvalue weighted by atomic mass is 9.90. The van der Waals surface area contributed by atoms with Crippen molar-refractivity contribution in [3.63, 3.8) is 0 Å². The molecule has 0 bridgehead atoms. The molecule has 10 aromatic rings. The molecule has 0 atom stereocenters. The smallest absolute Gasteiger partial charge is 0.335 e. The second-order valence-electron chi connectivity index (χ2n) is 12.4. The second-order valence-corrected chi connectivity index (χ2v) is 15.5. The van der Waals surface area contributed by atoms with E-state index in [1.807, 2.05) is 11.3 Å². The highest BCUT2D eigenvalue weighted by Gasteiger charge is 2.24. The topological polar surface area (TPSA) is 26.3 Å². The number of rotatable bonds is 5. The SMILES string of the molecule is C=CC(=O)Oc1c(-c2cccc3c2sc2ccccc23)cc(-c2cccc3c2sc2ccccc23)cc1-c1cccc2c1sc1ccccc12. The molecule has 2 nitrogen and oxygen atoms in total. The van der Waals surface area contributed by atoms with Crippen LogP contribution in [0.15, 0.2) is 152 Å². The first kappa shape index (κ1) is 29.3. The van der Waals surface area contributed by atoms with Gasteiger partial charge in [-0.2, -0.15) is 0 Å². The Balaban J connectivity index is 1.35. The van der Waals surface area contributed by atoms with Gasteiger partial charge in [-0.1, -0.05) is 116 Å². The van der Waals surface area contributed by atoms with Crippen molar-refractivity contribution in [3.05, 3.63) is 152 Å². The first-order valence-electron chi connectivity index (χ1n) is 16.4. The summed E-state index contributed by atoms with van der Waals surface area (Å²) in [6.07, 6.45) is 1.25. The van der Waals surface area contributed by atoms with E-state index in [9.17, 15) is 4.79 Å². The standard InChI is InChI=1S/C45H26O2S3/c1-2-41(46)47-42-36(34-19-10-17-32-29-13-4-7-22-39(29)49-44(32)34)24-26(27-15-9-16-31-28-12-3-6-21-38(28)48-43(27)31)25-37(42)35-20-11-18-33-30-14-5-8-23-40(30)50-45(33)35/h2-25H,1H2. The van der Waals surface area contributed by atoms with Gasteiger partial charge in [-0.25, -0.2) is 4.79 Å². The molecule has 0 saturated carbocycles. The van der Waals surface area contributed by atoms with Gasteiger partial charge in [0.15, 0.2) is 0 Å². The highest BCUT2D eigenvalue weighted by Crippen LogP contribution is 2.51. The van der Waals surface area contributed by atoms with Crippen molar-refractivity contribution in [1.82, 2.24) is 0 Å². The second kappa shape index (κ2) is 11.5. The van der Waals surface area contributed by atoms with Crippen molar-refractivity contribution in [2.24, 2.45) is 0 Å². The van der Waals surface area contributed by atoms with Crippen LogP contribution in [0.25, 0.3) is 93.9 Å². The largest absolute Gasteiger partial charge is 0.422 e. The molecule has 5 heteroatoms. The Morgan fingerprint density at radius 1 is 0.460 bits per heavy atom. The number of carbonyl (C=O) groups excluding carboxylic acids is 1. The van der Waals surface area contributed by atoms with Crippen LogP contribution in [0.4, 0.5) is 0 Å². The fourth-order valence-electron chi connectivity index (χ4n) is 7.33. The summed E-state index contributed by atoms with van der Waals surface area (Å²) in [4.78, 5) is 13.3. The Morgan fingerprint density at radius 2 is 0.840 bits per heavy atom. The number of benzene rings is 7. The van der Waals surface area contributed by atoms with Crippen LogP contribution in [0.3, 0.4) is 0 Å². The number of esters is 1. The van der Waals surface area contributed by atoms with Crippen LogP contribution in [0, 0.1) is 0 Å². The molecule has 0 N–H and O–H groups in total. The molecule has 7 aromatic carbocycles. The molecule has 0 saturated heterocycles. The van der Waals surface area contributed by atoms with Gasteiger partial charge in [-0.3, -0.25) is 0 Å². The maximum atomic E-state index is 13.3. The van der Waals surface area contributed by atoms with E-state index in [-0.39, 0.29) is 0 Å².